The number of amides is 1. The van der Waals surface area contributed by atoms with Gasteiger partial charge < -0.3 is 10.1 Å². The molecule has 0 aromatic heterocycles. The Labute approximate surface area is 174 Å². The molecule has 8 heteroatoms. The van der Waals surface area contributed by atoms with Crippen LogP contribution < -0.4 is 10.1 Å². The third-order valence-corrected chi connectivity index (χ3v) is 7.48. The zero-order valence-corrected chi connectivity index (χ0v) is 18.3. The van der Waals surface area contributed by atoms with Crippen molar-refractivity contribution in [3.63, 3.8) is 0 Å². The fraction of sp³-hybridized carbons (Fsp3) is 0.667. The fourth-order valence-electron chi connectivity index (χ4n) is 4.13. The maximum absolute atomic E-state index is 13.0. The van der Waals surface area contributed by atoms with E-state index in [1.165, 1.54) is 16.8 Å². The number of carbonyl (C=O) groups is 1. The number of rotatable bonds is 7. The molecule has 7 nitrogen and oxygen atoms in total. The number of hydrogen-bond acceptors (Lipinski definition) is 5. The lowest BCUT2D eigenvalue weighted by Crippen LogP contribution is -2.39. The Bertz CT molecular complexity index is 806. The highest BCUT2D eigenvalue weighted by atomic mass is 32.2. The smallest absolute Gasteiger partial charge is 0.243 e. The minimum absolute atomic E-state index is 0.146. The number of likely N-dealkylation sites (tertiary alicyclic amines) is 1. The van der Waals surface area contributed by atoms with Crippen LogP contribution in [0.25, 0.3) is 0 Å². The number of benzene rings is 1. The Kier molecular flexibility index (Phi) is 7.54. The summed E-state index contributed by atoms with van der Waals surface area (Å²) < 4.78 is 33.2. The number of sulfonamides is 1. The minimum atomic E-state index is -3.57. The monoisotopic (exact) mass is 423 g/mol. The van der Waals surface area contributed by atoms with Gasteiger partial charge in [-0.3, -0.25) is 9.69 Å². The first kappa shape index (κ1) is 22.1. The average molecular weight is 424 g/mol. The first-order valence-electron chi connectivity index (χ1n) is 10.7. The maximum Gasteiger partial charge on any atom is 0.243 e. The second-order valence-electron chi connectivity index (χ2n) is 8.09. The fourth-order valence-corrected chi connectivity index (χ4v) is 5.67. The quantitative estimate of drug-likeness (QED) is 0.729. The third-order valence-electron chi connectivity index (χ3n) is 5.59. The molecule has 1 amide bonds. The minimum Gasteiger partial charge on any atom is -0.492 e. The van der Waals surface area contributed by atoms with Crippen molar-refractivity contribution in [3.05, 3.63) is 18.2 Å². The van der Waals surface area contributed by atoms with Gasteiger partial charge in [-0.2, -0.15) is 4.31 Å². The van der Waals surface area contributed by atoms with Crippen LogP contribution in [-0.4, -0.2) is 62.9 Å². The molecule has 1 atom stereocenters. The van der Waals surface area contributed by atoms with Gasteiger partial charge in [-0.1, -0.05) is 13.3 Å². The summed E-state index contributed by atoms with van der Waals surface area (Å²) in [7, 11) is -3.57. The normalized spacial score (nSPS) is 21.7. The van der Waals surface area contributed by atoms with Gasteiger partial charge in [0, 0.05) is 19.6 Å². The summed E-state index contributed by atoms with van der Waals surface area (Å²) >= 11 is 0. The SMILES string of the molecule is CCOc1ccc(S(=O)(=O)N2CCCCC2)cc1NC(=O)CN1CCC[C@@H](C)C1. The Balaban J connectivity index is 1.76. The highest BCUT2D eigenvalue weighted by Gasteiger charge is 2.27. The molecule has 2 saturated heterocycles. The molecule has 0 spiro atoms. The first-order chi connectivity index (χ1) is 13.9. The summed E-state index contributed by atoms with van der Waals surface area (Å²) in [5.74, 6) is 0.937. The molecule has 1 aromatic carbocycles. The second-order valence-corrected chi connectivity index (χ2v) is 10.0. The van der Waals surface area contributed by atoms with Gasteiger partial charge in [-0.15, -0.1) is 0 Å². The highest BCUT2D eigenvalue weighted by molar-refractivity contribution is 7.89. The summed E-state index contributed by atoms with van der Waals surface area (Å²) in [5.41, 5.74) is 0.417. The van der Waals surface area contributed by atoms with Gasteiger partial charge in [0.1, 0.15) is 5.75 Å². The number of piperidine rings is 2. The van der Waals surface area contributed by atoms with E-state index in [1.54, 1.807) is 12.1 Å². The van der Waals surface area contributed by atoms with Crippen molar-refractivity contribution in [3.8, 4) is 5.75 Å². The van der Waals surface area contributed by atoms with Crippen LogP contribution in [0, 0.1) is 5.92 Å². The Morgan fingerprint density at radius 2 is 1.93 bits per heavy atom. The van der Waals surface area contributed by atoms with Crippen molar-refractivity contribution in [1.29, 1.82) is 0 Å². The van der Waals surface area contributed by atoms with Gasteiger partial charge in [0.25, 0.3) is 0 Å². The van der Waals surface area contributed by atoms with Crippen LogP contribution in [0.2, 0.25) is 0 Å². The lowest BCUT2D eigenvalue weighted by Gasteiger charge is -2.30. The summed E-state index contributed by atoms with van der Waals surface area (Å²) in [4.78, 5) is 15.0. The Morgan fingerprint density at radius 3 is 2.62 bits per heavy atom. The standard InChI is InChI=1S/C21H33N3O4S/c1-3-28-20-10-9-18(29(26,27)24-12-5-4-6-13-24)14-19(20)22-21(25)16-23-11-7-8-17(2)15-23/h9-10,14,17H,3-8,11-13,15-16H2,1-2H3,(H,22,25)/t17-/m1/s1. The molecule has 0 bridgehead atoms. The van der Waals surface area contributed by atoms with Crippen LogP contribution in [0.3, 0.4) is 0 Å². The number of nitrogens with zero attached hydrogens (tertiary/aromatic N) is 2. The molecule has 2 heterocycles. The molecule has 0 aliphatic carbocycles. The molecule has 2 fully saturated rings. The number of ether oxygens (including phenoxy) is 1. The van der Waals surface area contributed by atoms with Gasteiger partial charge in [0.2, 0.25) is 15.9 Å². The van der Waals surface area contributed by atoms with Crippen molar-refractivity contribution >= 4 is 21.6 Å². The summed E-state index contributed by atoms with van der Waals surface area (Å²) in [6, 6.07) is 4.74. The number of carbonyl (C=O) groups excluding carboxylic acids is 1. The summed E-state index contributed by atoms with van der Waals surface area (Å²) in [6.07, 6.45) is 5.12. The summed E-state index contributed by atoms with van der Waals surface area (Å²) in [5, 5.41) is 2.88. The molecule has 1 N–H and O–H groups in total. The largest absolute Gasteiger partial charge is 0.492 e. The summed E-state index contributed by atoms with van der Waals surface area (Å²) in [6.45, 7) is 7.72. The lowest BCUT2D eigenvalue weighted by atomic mass is 10.0. The molecule has 1 aromatic rings. The van der Waals surface area contributed by atoms with Crippen LogP contribution in [-0.2, 0) is 14.8 Å². The van der Waals surface area contributed by atoms with E-state index in [-0.39, 0.29) is 10.8 Å². The number of nitrogens with one attached hydrogen (secondary N) is 1. The van der Waals surface area contributed by atoms with E-state index in [1.807, 2.05) is 6.92 Å². The second kappa shape index (κ2) is 9.91. The maximum atomic E-state index is 13.0. The predicted octanol–water partition coefficient (Wildman–Crippen LogP) is 2.93. The Hall–Kier alpha value is -1.64. The van der Waals surface area contributed by atoms with E-state index < -0.39 is 10.0 Å². The van der Waals surface area contributed by atoms with Gasteiger partial charge in [-0.25, -0.2) is 8.42 Å². The van der Waals surface area contributed by atoms with Crippen LogP contribution >= 0.6 is 0 Å². The number of anilines is 1. The molecule has 3 rings (SSSR count). The molecular weight excluding hydrogens is 390 g/mol. The zero-order chi connectivity index (χ0) is 20.9. The Morgan fingerprint density at radius 1 is 1.17 bits per heavy atom. The van der Waals surface area contributed by atoms with E-state index in [4.69, 9.17) is 4.74 Å². The van der Waals surface area contributed by atoms with Crippen molar-refractivity contribution < 1.29 is 17.9 Å². The average Bonchev–Trinajstić information content (AvgIpc) is 2.70. The molecule has 2 aliphatic rings. The lowest BCUT2D eigenvalue weighted by molar-refractivity contribution is -0.117. The molecule has 162 valence electrons. The molecule has 0 saturated carbocycles. The molecule has 29 heavy (non-hydrogen) atoms. The van der Waals surface area contributed by atoms with E-state index in [9.17, 15) is 13.2 Å². The number of hydrogen-bond donors (Lipinski definition) is 1. The van der Waals surface area contributed by atoms with Crippen molar-refractivity contribution in [2.45, 2.75) is 50.8 Å². The topological polar surface area (TPSA) is 79.0 Å². The molecular formula is C21H33N3O4S. The predicted molar refractivity (Wildman–Crippen MR) is 114 cm³/mol. The van der Waals surface area contributed by atoms with Gasteiger partial charge in [0.15, 0.2) is 0 Å². The molecule has 0 unspecified atom stereocenters. The highest BCUT2D eigenvalue weighted by Crippen LogP contribution is 2.30. The van der Waals surface area contributed by atoms with Gasteiger partial charge >= 0.3 is 0 Å². The van der Waals surface area contributed by atoms with Gasteiger partial charge in [-0.05, 0) is 63.3 Å². The molecule has 0 radical (unpaired) electrons. The third kappa shape index (κ3) is 5.71. The van der Waals surface area contributed by atoms with Crippen LogP contribution in [0.1, 0.15) is 46.0 Å². The van der Waals surface area contributed by atoms with Crippen molar-refractivity contribution in [2.75, 3.05) is 44.6 Å². The molecule has 2 aliphatic heterocycles. The van der Waals surface area contributed by atoms with Gasteiger partial charge in [0.05, 0.1) is 23.7 Å². The van der Waals surface area contributed by atoms with Crippen LogP contribution in [0.5, 0.6) is 5.75 Å². The van der Waals surface area contributed by atoms with E-state index in [2.05, 4.69) is 17.1 Å². The van der Waals surface area contributed by atoms with Crippen LogP contribution in [0.15, 0.2) is 23.1 Å². The van der Waals surface area contributed by atoms with E-state index in [0.29, 0.717) is 43.6 Å². The van der Waals surface area contributed by atoms with E-state index >= 15 is 0 Å². The van der Waals surface area contributed by atoms with Crippen LogP contribution in [0.4, 0.5) is 5.69 Å². The van der Waals surface area contributed by atoms with Crippen molar-refractivity contribution in [2.24, 2.45) is 5.92 Å². The van der Waals surface area contributed by atoms with Crippen molar-refractivity contribution in [1.82, 2.24) is 9.21 Å². The first-order valence-corrected chi connectivity index (χ1v) is 12.1. The van der Waals surface area contributed by atoms with E-state index in [0.717, 1.165) is 38.8 Å². The zero-order valence-electron chi connectivity index (χ0n) is 17.5.